The molecule has 2 heteroatoms. The standard InChI is InChI=1S/C17H19NO/c19-17-11-10-13-6-4-5-9-15(13)16(17)12-18-14-7-2-1-3-8-14/h1-2,4-6,9-11,14,18-19H,3,7-8,12H2. The predicted octanol–water partition coefficient (Wildman–Crippen LogP) is 3.74. The first-order valence-corrected chi connectivity index (χ1v) is 6.92. The number of nitrogens with one attached hydrogen (secondary N) is 1. The molecule has 1 aliphatic rings. The van der Waals surface area contributed by atoms with E-state index in [4.69, 9.17) is 0 Å². The Morgan fingerprint density at radius 3 is 2.84 bits per heavy atom. The Morgan fingerprint density at radius 2 is 2.00 bits per heavy atom. The summed E-state index contributed by atoms with van der Waals surface area (Å²) in [6.07, 6.45) is 7.91. The maximum absolute atomic E-state index is 10.1. The number of allylic oxidation sites excluding steroid dienone is 1. The van der Waals surface area contributed by atoms with E-state index in [9.17, 15) is 5.11 Å². The topological polar surface area (TPSA) is 32.3 Å². The van der Waals surface area contributed by atoms with Crippen LogP contribution in [0.2, 0.25) is 0 Å². The van der Waals surface area contributed by atoms with E-state index < -0.39 is 0 Å². The summed E-state index contributed by atoms with van der Waals surface area (Å²) in [6.45, 7) is 0.728. The lowest BCUT2D eigenvalue weighted by Gasteiger charge is -2.20. The van der Waals surface area contributed by atoms with Crippen LogP contribution in [-0.4, -0.2) is 11.1 Å². The fourth-order valence-electron chi connectivity index (χ4n) is 2.74. The van der Waals surface area contributed by atoms with Crippen molar-refractivity contribution in [2.24, 2.45) is 0 Å². The zero-order valence-electron chi connectivity index (χ0n) is 11.0. The van der Waals surface area contributed by atoms with Crippen LogP contribution in [-0.2, 0) is 6.54 Å². The third kappa shape index (κ3) is 2.64. The lowest BCUT2D eigenvalue weighted by Crippen LogP contribution is -2.29. The van der Waals surface area contributed by atoms with Crippen LogP contribution < -0.4 is 5.32 Å². The molecule has 0 radical (unpaired) electrons. The van der Waals surface area contributed by atoms with Gasteiger partial charge < -0.3 is 10.4 Å². The van der Waals surface area contributed by atoms with E-state index in [0.29, 0.717) is 11.8 Å². The molecule has 0 aromatic heterocycles. The van der Waals surface area contributed by atoms with Gasteiger partial charge in [0.1, 0.15) is 5.75 Å². The summed E-state index contributed by atoms with van der Waals surface area (Å²) >= 11 is 0. The molecule has 0 fully saturated rings. The maximum atomic E-state index is 10.1. The SMILES string of the molecule is Oc1ccc2ccccc2c1CNC1CC=CCC1. The van der Waals surface area contributed by atoms with Crippen molar-refractivity contribution in [3.63, 3.8) is 0 Å². The van der Waals surface area contributed by atoms with Gasteiger partial charge in [0, 0.05) is 18.2 Å². The number of aromatic hydroxyl groups is 1. The van der Waals surface area contributed by atoms with Crippen molar-refractivity contribution in [2.45, 2.75) is 31.8 Å². The highest BCUT2D eigenvalue weighted by Gasteiger charge is 2.11. The first kappa shape index (κ1) is 12.2. The molecule has 19 heavy (non-hydrogen) atoms. The number of benzene rings is 2. The molecule has 3 rings (SSSR count). The second-order valence-corrected chi connectivity index (χ2v) is 5.15. The van der Waals surface area contributed by atoms with Crippen molar-refractivity contribution in [3.8, 4) is 5.75 Å². The van der Waals surface area contributed by atoms with Gasteiger partial charge in [-0.3, -0.25) is 0 Å². The molecule has 0 heterocycles. The van der Waals surface area contributed by atoms with Gasteiger partial charge in [0.25, 0.3) is 0 Å². The molecule has 0 saturated heterocycles. The minimum Gasteiger partial charge on any atom is -0.508 e. The average Bonchev–Trinajstić information content (AvgIpc) is 2.47. The molecule has 0 spiro atoms. The predicted molar refractivity (Wildman–Crippen MR) is 79.2 cm³/mol. The van der Waals surface area contributed by atoms with Gasteiger partial charge >= 0.3 is 0 Å². The molecule has 2 aromatic carbocycles. The highest BCUT2D eigenvalue weighted by Crippen LogP contribution is 2.27. The first-order valence-electron chi connectivity index (χ1n) is 6.92. The fourth-order valence-corrected chi connectivity index (χ4v) is 2.74. The van der Waals surface area contributed by atoms with Crippen LogP contribution in [0.1, 0.15) is 24.8 Å². The minimum atomic E-state index is 0.387. The molecule has 2 N–H and O–H groups in total. The van der Waals surface area contributed by atoms with Gasteiger partial charge in [0.2, 0.25) is 0 Å². The zero-order valence-corrected chi connectivity index (χ0v) is 11.0. The summed E-state index contributed by atoms with van der Waals surface area (Å²) < 4.78 is 0. The Hall–Kier alpha value is -1.80. The zero-order chi connectivity index (χ0) is 13.1. The second-order valence-electron chi connectivity index (χ2n) is 5.15. The molecule has 0 saturated carbocycles. The van der Waals surface area contributed by atoms with Gasteiger partial charge in [0.15, 0.2) is 0 Å². The lowest BCUT2D eigenvalue weighted by molar-refractivity contribution is 0.446. The number of rotatable bonds is 3. The Labute approximate surface area is 113 Å². The maximum Gasteiger partial charge on any atom is 0.120 e. The largest absolute Gasteiger partial charge is 0.508 e. The van der Waals surface area contributed by atoms with E-state index in [1.165, 1.54) is 11.8 Å². The summed E-state index contributed by atoms with van der Waals surface area (Å²) in [4.78, 5) is 0. The summed E-state index contributed by atoms with van der Waals surface area (Å²) in [6, 6.07) is 12.5. The van der Waals surface area contributed by atoms with Gasteiger partial charge in [-0.15, -0.1) is 0 Å². The van der Waals surface area contributed by atoms with Gasteiger partial charge in [-0.25, -0.2) is 0 Å². The van der Waals surface area contributed by atoms with E-state index in [0.717, 1.165) is 30.3 Å². The van der Waals surface area contributed by atoms with E-state index >= 15 is 0 Å². The highest BCUT2D eigenvalue weighted by atomic mass is 16.3. The molecule has 0 bridgehead atoms. The van der Waals surface area contributed by atoms with Crippen LogP contribution >= 0.6 is 0 Å². The molecule has 1 aliphatic carbocycles. The average molecular weight is 253 g/mol. The van der Waals surface area contributed by atoms with Crippen LogP contribution in [0.5, 0.6) is 5.75 Å². The van der Waals surface area contributed by atoms with E-state index in [1.807, 2.05) is 18.2 Å². The number of hydrogen-bond acceptors (Lipinski definition) is 2. The van der Waals surface area contributed by atoms with Gasteiger partial charge in [-0.1, -0.05) is 42.5 Å². The third-order valence-electron chi connectivity index (χ3n) is 3.85. The lowest BCUT2D eigenvalue weighted by atomic mass is 10.00. The van der Waals surface area contributed by atoms with Crippen LogP contribution in [0, 0.1) is 0 Å². The second kappa shape index (κ2) is 5.45. The molecule has 0 aliphatic heterocycles. The van der Waals surface area contributed by atoms with Crippen LogP contribution in [0.15, 0.2) is 48.6 Å². The van der Waals surface area contributed by atoms with Crippen molar-refractivity contribution >= 4 is 10.8 Å². The number of hydrogen-bond donors (Lipinski definition) is 2. The fraction of sp³-hybridized carbons (Fsp3) is 0.294. The van der Waals surface area contributed by atoms with Crippen molar-refractivity contribution < 1.29 is 5.11 Å². The molecule has 1 atom stereocenters. The quantitative estimate of drug-likeness (QED) is 0.817. The summed E-state index contributed by atoms with van der Waals surface area (Å²) in [5, 5.41) is 16.0. The van der Waals surface area contributed by atoms with Crippen molar-refractivity contribution in [2.75, 3.05) is 0 Å². The molecule has 0 amide bonds. The highest BCUT2D eigenvalue weighted by molar-refractivity contribution is 5.87. The third-order valence-corrected chi connectivity index (χ3v) is 3.85. The molecule has 2 nitrogen and oxygen atoms in total. The van der Waals surface area contributed by atoms with Gasteiger partial charge in [0.05, 0.1) is 0 Å². The van der Waals surface area contributed by atoms with E-state index in [1.54, 1.807) is 6.07 Å². The molecular weight excluding hydrogens is 234 g/mol. The first-order chi connectivity index (χ1) is 9.34. The van der Waals surface area contributed by atoms with E-state index in [2.05, 4.69) is 29.6 Å². The normalized spacial score (nSPS) is 18.8. The molecule has 2 aromatic rings. The number of phenolic OH excluding ortho intramolecular Hbond substituents is 1. The number of phenols is 1. The minimum absolute atomic E-state index is 0.387. The van der Waals surface area contributed by atoms with Crippen LogP contribution in [0.3, 0.4) is 0 Å². The van der Waals surface area contributed by atoms with Gasteiger partial charge in [-0.05, 0) is 36.1 Å². The Morgan fingerprint density at radius 1 is 1.11 bits per heavy atom. The van der Waals surface area contributed by atoms with E-state index in [-0.39, 0.29) is 0 Å². The summed E-state index contributed by atoms with van der Waals surface area (Å²) in [7, 11) is 0. The molecule has 98 valence electrons. The number of fused-ring (bicyclic) bond motifs is 1. The Kier molecular flexibility index (Phi) is 3.51. The Bertz CT molecular complexity index is 603. The summed E-state index contributed by atoms with van der Waals surface area (Å²) in [5.74, 6) is 0.387. The van der Waals surface area contributed by atoms with Crippen LogP contribution in [0.4, 0.5) is 0 Å². The van der Waals surface area contributed by atoms with Crippen molar-refractivity contribution in [1.29, 1.82) is 0 Å². The molecular formula is C17H19NO. The smallest absolute Gasteiger partial charge is 0.120 e. The van der Waals surface area contributed by atoms with Gasteiger partial charge in [-0.2, -0.15) is 0 Å². The van der Waals surface area contributed by atoms with Crippen LogP contribution in [0.25, 0.3) is 10.8 Å². The van der Waals surface area contributed by atoms with Crippen molar-refractivity contribution in [1.82, 2.24) is 5.32 Å². The Balaban J connectivity index is 1.83. The monoisotopic (exact) mass is 253 g/mol. The summed E-state index contributed by atoms with van der Waals surface area (Å²) in [5.41, 5.74) is 1.01. The van der Waals surface area contributed by atoms with Crippen molar-refractivity contribution in [3.05, 3.63) is 54.1 Å². The molecule has 1 unspecified atom stereocenters.